The third kappa shape index (κ3) is 1.32. The predicted octanol–water partition coefficient (Wildman–Crippen LogP) is -0.524. The van der Waals surface area contributed by atoms with Gasteiger partial charge in [-0.25, -0.2) is 4.79 Å². The summed E-state index contributed by atoms with van der Waals surface area (Å²) in [5.41, 5.74) is 0. The van der Waals surface area contributed by atoms with Gasteiger partial charge in [0.05, 0.1) is 12.6 Å². The lowest BCUT2D eigenvalue weighted by atomic mass is 10.2. The molecule has 1 amide bonds. The first kappa shape index (κ1) is 6.35. The molecule has 1 aliphatic heterocycles. The molecule has 0 saturated carbocycles. The second kappa shape index (κ2) is 2.23. The first-order valence-electron chi connectivity index (χ1n) is 2.82. The van der Waals surface area contributed by atoms with E-state index in [4.69, 9.17) is 5.11 Å². The highest BCUT2D eigenvalue weighted by molar-refractivity contribution is 5.69. The van der Waals surface area contributed by atoms with Crippen LogP contribution in [0, 0.1) is 0 Å². The lowest BCUT2D eigenvalue weighted by Gasteiger charge is -2.08. The predicted molar refractivity (Wildman–Crippen MR) is 30.0 cm³/mol. The fourth-order valence-electron chi connectivity index (χ4n) is 0.674. The van der Waals surface area contributed by atoms with Crippen molar-refractivity contribution in [3.63, 3.8) is 0 Å². The normalized spacial score (nSPS) is 29.1. The van der Waals surface area contributed by atoms with Crippen LogP contribution in [0.1, 0.15) is 6.92 Å². The Bertz CT molecular complexity index is 123. The van der Waals surface area contributed by atoms with Crippen LogP contribution in [0.4, 0.5) is 4.79 Å². The molecular formula is C5H9NO3. The number of hydrogen-bond donors (Lipinski definition) is 2. The van der Waals surface area contributed by atoms with Crippen molar-refractivity contribution in [1.82, 2.24) is 5.32 Å². The Morgan fingerprint density at radius 3 is 2.89 bits per heavy atom. The van der Waals surface area contributed by atoms with Crippen molar-refractivity contribution in [3.05, 3.63) is 0 Å². The molecule has 2 N–H and O–H groups in total. The monoisotopic (exact) mass is 131 g/mol. The molecule has 1 rings (SSSR count). The van der Waals surface area contributed by atoms with Gasteiger partial charge in [-0.1, -0.05) is 0 Å². The van der Waals surface area contributed by atoms with E-state index in [0.29, 0.717) is 6.54 Å². The zero-order valence-corrected chi connectivity index (χ0v) is 5.13. The molecule has 0 bridgehead atoms. The molecule has 0 aromatic carbocycles. The first-order valence-corrected chi connectivity index (χ1v) is 2.82. The third-order valence-corrected chi connectivity index (χ3v) is 1.24. The Morgan fingerprint density at radius 2 is 2.67 bits per heavy atom. The maximum atomic E-state index is 10.3. The van der Waals surface area contributed by atoms with Gasteiger partial charge in [0.2, 0.25) is 0 Å². The molecule has 1 saturated heterocycles. The fraction of sp³-hybridized carbons (Fsp3) is 0.800. The second-order valence-corrected chi connectivity index (χ2v) is 2.07. The van der Waals surface area contributed by atoms with Crippen molar-refractivity contribution >= 4 is 6.09 Å². The summed E-state index contributed by atoms with van der Waals surface area (Å²) >= 11 is 0. The van der Waals surface area contributed by atoms with E-state index >= 15 is 0 Å². The van der Waals surface area contributed by atoms with Gasteiger partial charge in [0.1, 0.15) is 6.10 Å². The zero-order chi connectivity index (χ0) is 6.85. The number of cyclic esters (lactones) is 1. The molecule has 0 radical (unpaired) electrons. The molecule has 0 aromatic rings. The molecule has 1 aliphatic rings. The van der Waals surface area contributed by atoms with E-state index in [0.717, 1.165) is 0 Å². The lowest BCUT2D eigenvalue weighted by Crippen LogP contribution is -2.26. The molecule has 52 valence electrons. The number of aliphatic hydroxyl groups is 1. The van der Waals surface area contributed by atoms with Crippen molar-refractivity contribution in [2.24, 2.45) is 0 Å². The molecule has 2 unspecified atom stereocenters. The number of alkyl carbamates (subject to hydrolysis) is 1. The van der Waals surface area contributed by atoms with E-state index in [1.165, 1.54) is 0 Å². The Morgan fingerprint density at radius 1 is 2.00 bits per heavy atom. The highest BCUT2D eigenvalue weighted by Crippen LogP contribution is 2.03. The summed E-state index contributed by atoms with van der Waals surface area (Å²) in [7, 11) is 0. The Balaban J connectivity index is 2.39. The number of rotatable bonds is 1. The molecule has 1 fully saturated rings. The van der Waals surface area contributed by atoms with Gasteiger partial charge in [0, 0.05) is 0 Å². The van der Waals surface area contributed by atoms with Gasteiger partial charge in [-0.3, -0.25) is 0 Å². The summed E-state index contributed by atoms with van der Waals surface area (Å²) < 4.78 is 4.62. The van der Waals surface area contributed by atoms with E-state index in [1.54, 1.807) is 6.92 Å². The van der Waals surface area contributed by atoms with E-state index in [9.17, 15) is 4.79 Å². The SMILES string of the molecule is CC(O)C1CNC(=O)O1. The Kier molecular flexibility index (Phi) is 1.57. The molecule has 9 heavy (non-hydrogen) atoms. The van der Waals surface area contributed by atoms with Gasteiger partial charge in [0.25, 0.3) is 0 Å². The van der Waals surface area contributed by atoms with Crippen LogP contribution < -0.4 is 5.32 Å². The summed E-state index contributed by atoms with van der Waals surface area (Å²) in [5, 5.41) is 11.3. The van der Waals surface area contributed by atoms with Crippen LogP contribution in [0.25, 0.3) is 0 Å². The van der Waals surface area contributed by atoms with Crippen LogP contribution in [-0.4, -0.2) is 30.0 Å². The summed E-state index contributed by atoms with van der Waals surface area (Å²) in [5.74, 6) is 0. The van der Waals surface area contributed by atoms with Crippen molar-refractivity contribution in [3.8, 4) is 0 Å². The molecule has 4 nitrogen and oxygen atoms in total. The van der Waals surface area contributed by atoms with Gasteiger partial charge in [-0.05, 0) is 6.92 Å². The van der Waals surface area contributed by atoms with Crippen molar-refractivity contribution < 1.29 is 14.6 Å². The highest BCUT2D eigenvalue weighted by Gasteiger charge is 2.26. The second-order valence-electron chi connectivity index (χ2n) is 2.07. The molecule has 0 aliphatic carbocycles. The number of carbonyl (C=O) groups is 1. The Hall–Kier alpha value is -0.770. The molecule has 2 atom stereocenters. The number of aliphatic hydroxyl groups excluding tert-OH is 1. The van der Waals surface area contributed by atoms with Gasteiger partial charge in [-0.2, -0.15) is 0 Å². The molecule has 0 aromatic heterocycles. The van der Waals surface area contributed by atoms with E-state index in [2.05, 4.69) is 10.1 Å². The van der Waals surface area contributed by atoms with Crippen LogP contribution in [-0.2, 0) is 4.74 Å². The molecule has 1 heterocycles. The van der Waals surface area contributed by atoms with Crippen LogP contribution in [0.15, 0.2) is 0 Å². The quantitative estimate of drug-likeness (QED) is 0.503. The minimum atomic E-state index is -0.580. The number of ether oxygens (including phenoxy) is 1. The number of carbonyl (C=O) groups excluding carboxylic acids is 1. The number of hydrogen-bond acceptors (Lipinski definition) is 3. The van der Waals surface area contributed by atoms with Crippen LogP contribution in [0.3, 0.4) is 0 Å². The highest BCUT2D eigenvalue weighted by atomic mass is 16.6. The van der Waals surface area contributed by atoms with Gasteiger partial charge >= 0.3 is 6.09 Å². The minimum absolute atomic E-state index is 0.363. The molecule has 0 spiro atoms. The van der Waals surface area contributed by atoms with Gasteiger partial charge in [-0.15, -0.1) is 0 Å². The molecule has 4 heteroatoms. The van der Waals surface area contributed by atoms with Crippen molar-refractivity contribution in [1.29, 1.82) is 0 Å². The van der Waals surface area contributed by atoms with Crippen molar-refractivity contribution in [2.45, 2.75) is 19.1 Å². The lowest BCUT2D eigenvalue weighted by molar-refractivity contribution is 0.0437. The number of nitrogens with one attached hydrogen (secondary N) is 1. The van der Waals surface area contributed by atoms with Crippen molar-refractivity contribution in [2.75, 3.05) is 6.54 Å². The summed E-state index contributed by atoms with van der Waals surface area (Å²) in [6.07, 6.45) is -1.39. The standard InChI is InChI=1S/C5H9NO3/c1-3(7)4-2-6-5(8)9-4/h3-4,7H,2H2,1H3,(H,6,8). The third-order valence-electron chi connectivity index (χ3n) is 1.24. The Labute approximate surface area is 52.8 Å². The summed E-state index contributed by atoms with van der Waals surface area (Å²) in [4.78, 5) is 10.3. The van der Waals surface area contributed by atoms with E-state index in [1.807, 2.05) is 0 Å². The van der Waals surface area contributed by atoms with Crippen LogP contribution in [0.5, 0.6) is 0 Å². The topological polar surface area (TPSA) is 58.6 Å². The average Bonchev–Trinajstić information content (AvgIpc) is 2.14. The summed E-state index contributed by atoms with van der Waals surface area (Å²) in [6.45, 7) is 2.00. The van der Waals surface area contributed by atoms with Crippen LogP contribution >= 0.6 is 0 Å². The zero-order valence-electron chi connectivity index (χ0n) is 5.13. The van der Waals surface area contributed by atoms with Gasteiger partial charge < -0.3 is 15.2 Å². The first-order chi connectivity index (χ1) is 4.20. The van der Waals surface area contributed by atoms with E-state index < -0.39 is 12.2 Å². The summed E-state index contributed by atoms with van der Waals surface area (Å²) in [6, 6.07) is 0. The maximum Gasteiger partial charge on any atom is 0.407 e. The maximum absolute atomic E-state index is 10.3. The largest absolute Gasteiger partial charge is 0.442 e. The van der Waals surface area contributed by atoms with E-state index in [-0.39, 0.29) is 6.10 Å². The average molecular weight is 131 g/mol. The minimum Gasteiger partial charge on any atom is -0.442 e. The molecular weight excluding hydrogens is 122 g/mol. The van der Waals surface area contributed by atoms with Gasteiger partial charge in [0.15, 0.2) is 0 Å². The fourth-order valence-corrected chi connectivity index (χ4v) is 0.674. The number of amides is 1. The van der Waals surface area contributed by atoms with Crippen LogP contribution in [0.2, 0.25) is 0 Å². The smallest absolute Gasteiger partial charge is 0.407 e.